The van der Waals surface area contributed by atoms with Crippen LogP contribution in [0, 0.1) is 5.92 Å². The van der Waals surface area contributed by atoms with Crippen molar-refractivity contribution < 1.29 is 81.2 Å². The molecule has 0 radical (unpaired) electrons. The highest BCUT2D eigenvalue weighted by molar-refractivity contribution is 5.86. The molecule has 0 aliphatic carbocycles. The first-order valence-corrected chi connectivity index (χ1v) is 18.6. The number of carbonyl (C=O) groups is 4. The molecule has 0 unspecified atom stereocenters. The van der Waals surface area contributed by atoms with Crippen LogP contribution in [0.3, 0.4) is 0 Å². The highest BCUT2D eigenvalue weighted by atomic mass is 16.8. The number of esters is 4. The number of fused-ring (bicyclic) bond motifs is 1. The zero-order valence-corrected chi connectivity index (χ0v) is 33.5. The number of methoxy groups -OCH3 is 2. The molecule has 2 aromatic carbocycles. The molecule has 58 heavy (non-hydrogen) atoms. The van der Waals surface area contributed by atoms with Crippen molar-refractivity contribution in [1.82, 2.24) is 0 Å². The second-order valence-corrected chi connectivity index (χ2v) is 13.8. The largest absolute Gasteiger partial charge is 0.507 e. The summed E-state index contributed by atoms with van der Waals surface area (Å²) in [4.78, 5) is 63.1. The lowest BCUT2D eigenvalue weighted by Crippen LogP contribution is -2.65. The maximum Gasteiger partial charge on any atom is 0.303 e. The summed E-state index contributed by atoms with van der Waals surface area (Å²) in [6, 6.07) is 6.42. The number of carbonyl (C=O) groups excluding carboxylic acids is 4. The highest BCUT2D eigenvalue weighted by Crippen LogP contribution is 2.42. The van der Waals surface area contributed by atoms with Crippen molar-refractivity contribution in [3.05, 3.63) is 40.6 Å². The molecule has 2 N–H and O–H groups in total. The van der Waals surface area contributed by atoms with Crippen molar-refractivity contribution in [2.24, 2.45) is 5.92 Å². The van der Waals surface area contributed by atoms with Gasteiger partial charge in [0.05, 0.1) is 26.4 Å². The summed E-state index contributed by atoms with van der Waals surface area (Å²) in [5, 5.41) is 21.3. The van der Waals surface area contributed by atoms with Crippen molar-refractivity contribution in [1.29, 1.82) is 0 Å². The fraction of sp³-hybridized carbons (Fsp3) is 0.525. The molecule has 0 amide bonds. The quantitative estimate of drug-likeness (QED) is 0.181. The summed E-state index contributed by atoms with van der Waals surface area (Å²) in [6.07, 6.45) is -10.2. The summed E-state index contributed by atoms with van der Waals surface area (Å²) in [6.45, 7) is 10.0. The van der Waals surface area contributed by atoms with Gasteiger partial charge in [0.1, 0.15) is 40.4 Å². The molecule has 2 aliphatic heterocycles. The van der Waals surface area contributed by atoms with Gasteiger partial charge < -0.3 is 62.0 Å². The molecule has 18 heteroatoms. The van der Waals surface area contributed by atoms with Gasteiger partial charge in [-0.05, 0) is 25.0 Å². The van der Waals surface area contributed by atoms with Crippen molar-refractivity contribution in [2.45, 2.75) is 117 Å². The first-order chi connectivity index (χ1) is 27.5. The molecule has 0 saturated carbocycles. The summed E-state index contributed by atoms with van der Waals surface area (Å²) in [5.74, 6) is -4.16. The third-order valence-corrected chi connectivity index (χ3v) is 9.70. The average Bonchev–Trinajstić information content (AvgIpc) is 3.15. The predicted octanol–water partition coefficient (Wildman–Crippen LogP) is 4.29. The molecule has 0 spiro atoms. The van der Waals surface area contributed by atoms with E-state index in [1.54, 1.807) is 13.8 Å². The molecule has 0 bridgehead atoms. The van der Waals surface area contributed by atoms with Crippen LogP contribution in [0.5, 0.6) is 28.7 Å². The van der Waals surface area contributed by atoms with Crippen LogP contribution in [0.2, 0.25) is 0 Å². The molecule has 3 heterocycles. The topological polar surface area (TPSA) is 231 Å². The fourth-order valence-electron chi connectivity index (χ4n) is 7.18. The van der Waals surface area contributed by atoms with E-state index in [0.717, 1.165) is 26.0 Å². The van der Waals surface area contributed by atoms with Crippen molar-refractivity contribution >= 4 is 34.8 Å². The normalized spacial score (nSPS) is 26.9. The average molecular weight is 817 g/mol. The van der Waals surface area contributed by atoms with Crippen molar-refractivity contribution in [2.75, 3.05) is 14.2 Å². The first kappa shape index (κ1) is 43.5. The van der Waals surface area contributed by atoms with E-state index in [4.69, 9.17) is 51.8 Å². The number of phenols is 2. The van der Waals surface area contributed by atoms with Crippen LogP contribution in [0.15, 0.2) is 39.5 Å². The van der Waals surface area contributed by atoms with Crippen LogP contribution >= 0.6 is 0 Å². The molecular weight excluding hydrogens is 768 g/mol. The minimum absolute atomic E-state index is 0.0194. The summed E-state index contributed by atoms with van der Waals surface area (Å²) < 4.78 is 64.5. The Labute approximate surface area is 333 Å². The molecule has 18 nitrogen and oxygen atoms in total. The van der Waals surface area contributed by atoms with E-state index in [0.29, 0.717) is 12.0 Å². The van der Waals surface area contributed by atoms with Gasteiger partial charge in [-0.3, -0.25) is 24.0 Å². The Kier molecular flexibility index (Phi) is 13.8. The number of benzene rings is 2. The molecular formula is C40H48O18. The van der Waals surface area contributed by atoms with Crippen molar-refractivity contribution in [3.8, 4) is 40.1 Å². The van der Waals surface area contributed by atoms with Gasteiger partial charge in [0.15, 0.2) is 35.4 Å². The molecule has 3 aromatic rings. The Bertz CT molecular complexity index is 2030. The Hall–Kier alpha value is -5.59. The van der Waals surface area contributed by atoms with Gasteiger partial charge in [0.2, 0.25) is 18.1 Å². The SMILES string of the molecule is CC[C@H]1O[C@@H](O[C@H]2[C@H](OC(C)=O)[C@@H](OC(C)=O)[C@H](Oc3cc(O)c4c(=O)cc(-c5cc(OC)c(O)c(OC)c5)oc4c3)O[C@@H]2CC)[C@H](OC(C)=O)[C@@H](OC(C)=O)[C@H]1C. The van der Waals surface area contributed by atoms with Crippen LogP contribution in [0.25, 0.3) is 22.3 Å². The number of hydrogen-bond acceptors (Lipinski definition) is 18. The van der Waals surface area contributed by atoms with E-state index in [1.165, 1.54) is 46.3 Å². The number of hydrogen-bond donors (Lipinski definition) is 2. The summed E-state index contributed by atoms with van der Waals surface area (Å²) in [7, 11) is 2.67. The van der Waals surface area contributed by atoms with Gasteiger partial charge in [-0.15, -0.1) is 0 Å². The molecule has 2 aliphatic rings. The smallest absolute Gasteiger partial charge is 0.303 e. The molecule has 2 fully saturated rings. The minimum atomic E-state index is -1.52. The minimum Gasteiger partial charge on any atom is -0.507 e. The van der Waals surface area contributed by atoms with E-state index in [9.17, 15) is 34.2 Å². The molecule has 1 aromatic heterocycles. The Balaban J connectivity index is 1.55. The second kappa shape index (κ2) is 18.3. The van der Waals surface area contributed by atoms with E-state index in [-0.39, 0.29) is 46.1 Å². The monoisotopic (exact) mass is 816 g/mol. The number of ether oxygens (including phenoxy) is 10. The molecule has 5 rings (SSSR count). The van der Waals surface area contributed by atoms with E-state index in [1.807, 2.05) is 6.92 Å². The Morgan fingerprint density at radius 3 is 1.72 bits per heavy atom. The maximum absolute atomic E-state index is 13.3. The highest BCUT2D eigenvalue weighted by Gasteiger charge is 2.55. The van der Waals surface area contributed by atoms with Crippen LogP contribution in [-0.4, -0.2) is 104 Å². The van der Waals surface area contributed by atoms with Crippen LogP contribution in [-0.2, 0) is 52.3 Å². The zero-order valence-electron chi connectivity index (χ0n) is 33.5. The molecule has 2 saturated heterocycles. The van der Waals surface area contributed by atoms with Crippen LogP contribution in [0.4, 0.5) is 0 Å². The summed E-state index contributed by atoms with van der Waals surface area (Å²) >= 11 is 0. The predicted molar refractivity (Wildman–Crippen MR) is 199 cm³/mol. The zero-order chi connectivity index (χ0) is 42.6. The van der Waals surface area contributed by atoms with Gasteiger partial charge >= 0.3 is 23.9 Å². The molecule has 316 valence electrons. The third-order valence-electron chi connectivity index (χ3n) is 9.70. The van der Waals surface area contributed by atoms with Crippen LogP contribution in [0.1, 0.15) is 61.3 Å². The van der Waals surface area contributed by atoms with Gasteiger partial charge in [-0.1, -0.05) is 20.8 Å². The molecule has 10 atom stereocenters. The lowest BCUT2D eigenvalue weighted by Gasteiger charge is -2.48. The van der Waals surface area contributed by atoms with Crippen molar-refractivity contribution in [3.63, 3.8) is 0 Å². The van der Waals surface area contributed by atoms with E-state index >= 15 is 0 Å². The van der Waals surface area contributed by atoms with E-state index in [2.05, 4.69) is 0 Å². The van der Waals surface area contributed by atoms with Gasteiger partial charge in [0, 0.05) is 57.4 Å². The lowest BCUT2D eigenvalue weighted by atomic mass is 9.88. The van der Waals surface area contributed by atoms with Gasteiger partial charge in [-0.2, -0.15) is 0 Å². The number of phenolic OH excluding ortho intramolecular Hbond substituents is 2. The first-order valence-electron chi connectivity index (χ1n) is 18.6. The second-order valence-electron chi connectivity index (χ2n) is 13.8. The number of rotatable bonds is 13. The summed E-state index contributed by atoms with van der Waals surface area (Å²) in [5.41, 5.74) is -0.451. The Morgan fingerprint density at radius 2 is 1.19 bits per heavy atom. The van der Waals surface area contributed by atoms with E-state index < -0.39 is 96.3 Å². The van der Waals surface area contributed by atoms with Gasteiger partial charge in [0.25, 0.3) is 0 Å². The van der Waals surface area contributed by atoms with Gasteiger partial charge in [-0.25, -0.2) is 0 Å². The Morgan fingerprint density at radius 1 is 0.672 bits per heavy atom. The number of aromatic hydroxyl groups is 2. The standard InChI is InChI=1S/C40H48O18/c1-10-26-17(3)34(50-18(4)41)37(52-20(6)43)40(56-26)58-35-27(11-2)57-39(38(53-21(7)44)36(35)51-19(5)42)54-23-14-24(45)32-25(46)16-28(55-29(32)15-23)22-12-30(48-8)33(47)31(13-22)49-9/h12-17,26-27,34-40,45,47H,10-11H2,1-9H3/t17-,26+,27+,34-,35+,36-,37+,38+,39+,40-/m0/s1. The maximum atomic E-state index is 13.3. The van der Waals surface area contributed by atoms with Crippen LogP contribution < -0.4 is 19.6 Å². The fourth-order valence-corrected chi connectivity index (χ4v) is 7.18. The third kappa shape index (κ3) is 9.40. The lowest BCUT2D eigenvalue weighted by molar-refractivity contribution is -0.346.